The van der Waals surface area contributed by atoms with E-state index in [2.05, 4.69) is 29.4 Å². The van der Waals surface area contributed by atoms with Crippen molar-refractivity contribution in [2.24, 2.45) is 10.7 Å². The Kier molecular flexibility index (Phi) is 11.7. The quantitative estimate of drug-likeness (QED) is 0.195. The second-order valence-corrected chi connectivity index (χ2v) is 6.69. The van der Waals surface area contributed by atoms with Crippen molar-refractivity contribution < 1.29 is 9.47 Å². The molecule has 0 aromatic heterocycles. The van der Waals surface area contributed by atoms with E-state index in [0.717, 1.165) is 11.3 Å². The lowest BCUT2D eigenvalue weighted by Gasteiger charge is -2.17. The van der Waals surface area contributed by atoms with Gasteiger partial charge < -0.3 is 20.5 Å². The van der Waals surface area contributed by atoms with Gasteiger partial charge in [0.15, 0.2) is 5.96 Å². The molecule has 3 N–H and O–H groups in total. The number of halogens is 1. The third-order valence-corrected chi connectivity index (χ3v) is 4.54. The lowest BCUT2D eigenvalue weighted by atomic mass is 10.1. The van der Waals surface area contributed by atoms with Crippen molar-refractivity contribution in [3.05, 3.63) is 29.3 Å². The molecule has 6 heteroatoms. The topological polar surface area (TPSA) is 68.9 Å². The van der Waals surface area contributed by atoms with Gasteiger partial charge in [-0.25, -0.2) is 4.99 Å². The summed E-state index contributed by atoms with van der Waals surface area (Å²) in [5, 5.41) is 3.39. The summed E-state index contributed by atoms with van der Waals surface area (Å²) in [6, 6.07) is 6.65. The summed E-state index contributed by atoms with van der Waals surface area (Å²) < 4.78 is 11.2. The molecule has 0 bridgehead atoms. The van der Waals surface area contributed by atoms with Crippen molar-refractivity contribution in [3.63, 3.8) is 0 Å². The summed E-state index contributed by atoms with van der Waals surface area (Å²) in [6.07, 6.45) is 7.60. The van der Waals surface area contributed by atoms with E-state index in [1.165, 1.54) is 44.1 Å². The van der Waals surface area contributed by atoms with Gasteiger partial charge in [0, 0.05) is 18.2 Å². The summed E-state index contributed by atoms with van der Waals surface area (Å²) in [7, 11) is 0. The highest BCUT2D eigenvalue weighted by Crippen LogP contribution is 2.21. The Bertz CT molecular complexity index is 544. The summed E-state index contributed by atoms with van der Waals surface area (Å²) in [6.45, 7) is 6.41. The number of hydrogen-bond donors (Lipinski definition) is 2. The van der Waals surface area contributed by atoms with E-state index >= 15 is 0 Å². The lowest BCUT2D eigenvalue weighted by molar-refractivity contribution is 0.110. The van der Waals surface area contributed by atoms with Gasteiger partial charge >= 0.3 is 0 Å². The Morgan fingerprint density at radius 3 is 2.62 bits per heavy atom. The molecule has 1 aromatic carbocycles. The summed E-state index contributed by atoms with van der Waals surface area (Å²) >= 11 is 0. The monoisotopic (exact) mass is 475 g/mol. The van der Waals surface area contributed by atoms with Crippen LogP contribution in [0, 0.1) is 6.92 Å². The molecular formula is C20H34IN3O2. The number of guanidine groups is 1. The van der Waals surface area contributed by atoms with Crippen LogP contribution in [-0.2, 0) is 11.3 Å². The van der Waals surface area contributed by atoms with Gasteiger partial charge in [-0.1, -0.05) is 37.8 Å². The largest absolute Gasteiger partial charge is 0.491 e. The molecule has 1 saturated carbocycles. The molecule has 0 radical (unpaired) electrons. The lowest BCUT2D eigenvalue weighted by Crippen LogP contribution is -2.39. The molecule has 5 nitrogen and oxygen atoms in total. The van der Waals surface area contributed by atoms with E-state index in [1.807, 2.05) is 13.0 Å². The average Bonchev–Trinajstić information content (AvgIpc) is 2.86. The van der Waals surface area contributed by atoms with Crippen LogP contribution in [0.2, 0.25) is 0 Å². The number of aryl methyl sites for hydroxylation is 1. The second kappa shape index (κ2) is 13.2. The molecule has 0 saturated heterocycles. The minimum Gasteiger partial charge on any atom is -0.491 e. The van der Waals surface area contributed by atoms with Crippen LogP contribution in [0.1, 0.15) is 56.6 Å². The molecular weight excluding hydrogens is 441 g/mol. The highest BCUT2D eigenvalue weighted by Gasteiger charge is 2.12. The highest BCUT2D eigenvalue weighted by atomic mass is 127. The normalized spacial score (nSPS) is 15.8. The van der Waals surface area contributed by atoms with Crippen molar-refractivity contribution in [2.45, 2.75) is 65.0 Å². The van der Waals surface area contributed by atoms with E-state index in [4.69, 9.17) is 15.2 Å². The second-order valence-electron chi connectivity index (χ2n) is 6.69. The molecule has 2 rings (SSSR count). The van der Waals surface area contributed by atoms with Crippen LogP contribution in [0.5, 0.6) is 5.75 Å². The predicted octanol–water partition coefficient (Wildman–Crippen LogP) is 4.16. The van der Waals surface area contributed by atoms with E-state index in [-0.39, 0.29) is 24.0 Å². The van der Waals surface area contributed by atoms with Gasteiger partial charge in [0.25, 0.3) is 0 Å². The number of nitrogens with zero attached hydrogens (tertiary/aromatic N) is 1. The Morgan fingerprint density at radius 1 is 1.19 bits per heavy atom. The Hall–Kier alpha value is -1.02. The Labute approximate surface area is 175 Å². The summed E-state index contributed by atoms with van der Waals surface area (Å²) in [5.74, 6) is 1.40. The number of hydrogen-bond acceptors (Lipinski definition) is 3. The first-order valence-electron chi connectivity index (χ1n) is 9.55. The van der Waals surface area contributed by atoms with E-state index in [9.17, 15) is 0 Å². The van der Waals surface area contributed by atoms with Crippen LogP contribution in [-0.4, -0.2) is 31.8 Å². The fourth-order valence-electron chi connectivity index (χ4n) is 3.13. The molecule has 1 aliphatic carbocycles. The third kappa shape index (κ3) is 8.58. The standard InChI is InChI=1S/C20H33N3O2.HI/c1-3-24-12-13-25-19-14-16(2)10-11-17(19)15-22-20(21)23-18-8-6-4-5-7-9-18;/h10-11,14,18H,3-9,12-13,15H2,1-2H3,(H3,21,22,23);1H. The van der Waals surface area contributed by atoms with Crippen molar-refractivity contribution in [3.8, 4) is 5.75 Å². The van der Waals surface area contributed by atoms with Crippen molar-refractivity contribution >= 4 is 29.9 Å². The average molecular weight is 475 g/mol. The summed E-state index contributed by atoms with van der Waals surface area (Å²) in [4.78, 5) is 4.53. The fourth-order valence-corrected chi connectivity index (χ4v) is 3.13. The first kappa shape index (κ1) is 23.0. The van der Waals surface area contributed by atoms with E-state index < -0.39 is 0 Å². The molecule has 0 atom stereocenters. The maximum atomic E-state index is 6.10. The maximum absolute atomic E-state index is 6.10. The number of aliphatic imine (C=N–C) groups is 1. The first-order valence-corrected chi connectivity index (χ1v) is 9.55. The molecule has 148 valence electrons. The van der Waals surface area contributed by atoms with Gasteiger partial charge in [-0.3, -0.25) is 0 Å². The van der Waals surface area contributed by atoms with Gasteiger partial charge in [0.1, 0.15) is 12.4 Å². The zero-order valence-electron chi connectivity index (χ0n) is 16.1. The first-order chi connectivity index (χ1) is 12.2. The minimum absolute atomic E-state index is 0. The van der Waals surface area contributed by atoms with Crippen LogP contribution in [0.4, 0.5) is 0 Å². The molecule has 0 unspecified atom stereocenters. The van der Waals surface area contributed by atoms with Gasteiger partial charge in [-0.15, -0.1) is 24.0 Å². The third-order valence-electron chi connectivity index (χ3n) is 4.54. The highest BCUT2D eigenvalue weighted by molar-refractivity contribution is 14.0. The van der Waals surface area contributed by atoms with Crippen molar-refractivity contribution in [1.82, 2.24) is 5.32 Å². The maximum Gasteiger partial charge on any atom is 0.189 e. The summed E-state index contributed by atoms with van der Waals surface area (Å²) in [5.41, 5.74) is 8.32. The van der Waals surface area contributed by atoms with Crippen LogP contribution < -0.4 is 15.8 Å². The number of nitrogens with one attached hydrogen (secondary N) is 1. The number of ether oxygens (including phenoxy) is 2. The molecule has 26 heavy (non-hydrogen) atoms. The SMILES string of the molecule is CCOCCOc1cc(C)ccc1CN=C(N)NC1CCCCCC1.I. The number of rotatable bonds is 8. The van der Waals surface area contributed by atoms with E-state index in [0.29, 0.717) is 38.4 Å². The molecule has 0 spiro atoms. The van der Waals surface area contributed by atoms with Gasteiger partial charge in [0.05, 0.1) is 13.2 Å². The molecule has 1 fully saturated rings. The zero-order valence-corrected chi connectivity index (χ0v) is 18.5. The molecule has 0 heterocycles. The van der Waals surface area contributed by atoms with Gasteiger partial charge in [-0.2, -0.15) is 0 Å². The minimum atomic E-state index is 0. The Morgan fingerprint density at radius 2 is 1.92 bits per heavy atom. The zero-order chi connectivity index (χ0) is 17.9. The van der Waals surface area contributed by atoms with Crippen LogP contribution >= 0.6 is 24.0 Å². The Balaban J connectivity index is 0.00000338. The number of benzene rings is 1. The smallest absolute Gasteiger partial charge is 0.189 e. The molecule has 1 aromatic rings. The fraction of sp³-hybridized carbons (Fsp3) is 0.650. The van der Waals surface area contributed by atoms with Gasteiger partial charge in [0.2, 0.25) is 0 Å². The van der Waals surface area contributed by atoms with Crippen molar-refractivity contribution in [1.29, 1.82) is 0 Å². The molecule has 0 aliphatic heterocycles. The molecule has 1 aliphatic rings. The predicted molar refractivity (Wildman–Crippen MR) is 119 cm³/mol. The van der Waals surface area contributed by atoms with Crippen LogP contribution in [0.3, 0.4) is 0 Å². The van der Waals surface area contributed by atoms with Crippen LogP contribution in [0.25, 0.3) is 0 Å². The van der Waals surface area contributed by atoms with Gasteiger partial charge in [-0.05, 0) is 38.3 Å². The van der Waals surface area contributed by atoms with E-state index in [1.54, 1.807) is 0 Å². The van der Waals surface area contributed by atoms with Crippen molar-refractivity contribution in [2.75, 3.05) is 19.8 Å². The number of nitrogens with two attached hydrogens (primary N) is 1. The van der Waals surface area contributed by atoms with Crippen LogP contribution in [0.15, 0.2) is 23.2 Å². The molecule has 0 amide bonds.